The van der Waals surface area contributed by atoms with Crippen LogP contribution >= 0.6 is 11.8 Å². The Morgan fingerprint density at radius 3 is 2.76 bits per heavy atom. The normalized spacial score (nSPS) is 19.8. The van der Waals surface area contributed by atoms with Gasteiger partial charge in [0, 0.05) is 30.3 Å². The summed E-state index contributed by atoms with van der Waals surface area (Å²) in [5, 5.41) is 4.29. The van der Waals surface area contributed by atoms with Crippen LogP contribution in [0.25, 0.3) is 0 Å². The number of hydrogen-bond acceptors (Lipinski definition) is 4. The number of rotatable bonds is 4. The van der Waals surface area contributed by atoms with E-state index in [1.54, 1.807) is 0 Å². The van der Waals surface area contributed by atoms with E-state index in [0.717, 1.165) is 36.3 Å². The standard InChI is InChI=1S/C17H27N3S/c1-12(2)17-14-10-18-9-8-15(14)19-16(20-17)11-21-13-6-4-3-5-7-13/h12-13,18H,3-11H2,1-2H3. The second-order valence-corrected chi connectivity index (χ2v) is 7.89. The Bertz CT molecular complexity index is 481. The highest BCUT2D eigenvalue weighted by molar-refractivity contribution is 7.99. The molecular formula is C17H27N3S. The fourth-order valence-electron chi connectivity index (χ4n) is 3.39. The van der Waals surface area contributed by atoms with E-state index in [1.165, 1.54) is 49.1 Å². The molecular weight excluding hydrogens is 278 g/mol. The molecule has 0 radical (unpaired) electrons. The van der Waals surface area contributed by atoms with Gasteiger partial charge in [0.05, 0.1) is 17.1 Å². The molecule has 2 aliphatic rings. The first-order valence-electron chi connectivity index (χ1n) is 8.45. The number of nitrogens with one attached hydrogen (secondary N) is 1. The highest BCUT2D eigenvalue weighted by Gasteiger charge is 2.20. The lowest BCUT2D eigenvalue weighted by Gasteiger charge is -2.23. The molecule has 0 spiro atoms. The van der Waals surface area contributed by atoms with Gasteiger partial charge in [-0.05, 0) is 18.8 Å². The van der Waals surface area contributed by atoms with Crippen molar-refractivity contribution in [2.45, 2.75) is 75.8 Å². The predicted octanol–water partition coefficient (Wildman–Crippen LogP) is 3.81. The average molecular weight is 305 g/mol. The second kappa shape index (κ2) is 7.10. The van der Waals surface area contributed by atoms with Gasteiger partial charge in [-0.3, -0.25) is 0 Å². The second-order valence-electron chi connectivity index (χ2n) is 6.60. The molecule has 0 amide bonds. The summed E-state index contributed by atoms with van der Waals surface area (Å²) in [5.41, 5.74) is 3.93. The minimum atomic E-state index is 0.486. The molecule has 2 heterocycles. The van der Waals surface area contributed by atoms with E-state index in [0.29, 0.717) is 5.92 Å². The molecule has 0 atom stereocenters. The summed E-state index contributed by atoms with van der Waals surface area (Å²) >= 11 is 2.08. The first kappa shape index (κ1) is 15.3. The molecule has 1 aliphatic carbocycles. The molecule has 0 saturated heterocycles. The summed E-state index contributed by atoms with van der Waals surface area (Å²) in [4.78, 5) is 9.77. The number of aromatic nitrogens is 2. The number of thioether (sulfide) groups is 1. The van der Waals surface area contributed by atoms with Crippen molar-refractivity contribution in [3.05, 3.63) is 22.8 Å². The van der Waals surface area contributed by atoms with Gasteiger partial charge in [-0.25, -0.2) is 9.97 Å². The molecule has 1 saturated carbocycles. The third-order valence-electron chi connectivity index (χ3n) is 4.56. The van der Waals surface area contributed by atoms with Gasteiger partial charge in [0.2, 0.25) is 0 Å². The fourth-order valence-corrected chi connectivity index (χ4v) is 4.57. The van der Waals surface area contributed by atoms with Gasteiger partial charge in [0.1, 0.15) is 5.82 Å². The van der Waals surface area contributed by atoms with Gasteiger partial charge in [0.25, 0.3) is 0 Å². The zero-order chi connectivity index (χ0) is 14.7. The SMILES string of the molecule is CC(C)c1nc(CSC2CCCCC2)nc2c1CNCC2. The first-order valence-corrected chi connectivity index (χ1v) is 9.50. The third-order valence-corrected chi connectivity index (χ3v) is 5.93. The molecule has 3 nitrogen and oxygen atoms in total. The molecule has 3 rings (SSSR count). The lowest BCUT2D eigenvalue weighted by molar-refractivity contribution is 0.516. The van der Waals surface area contributed by atoms with Crippen molar-refractivity contribution in [3.8, 4) is 0 Å². The Kier molecular flexibility index (Phi) is 5.17. The van der Waals surface area contributed by atoms with Crippen LogP contribution in [0, 0.1) is 0 Å². The highest BCUT2D eigenvalue weighted by atomic mass is 32.2. The topological polar surface area (TPSA) is 37.8 Å². The Morgan fingerprint density at radius 2 is 2.00 bits per heavy atom. The molecule has 1 fully saturated rings. The molecule has 116 valence electrons. The lowest BCUT2D eigenvalue weighted by Crippen LogP contribution is -2.27. The molecule has 4 heteroatoms. The van der Waals surface area contributed by atoms with Gasteiger partial charge in [0.15, 0.2) is 0 Å². The van der Waals surface area contributed by atoms with Crippen molar-refractivity contribution in [1.82, 2.24) is 15.3 Å². The summed E-state index contributed by atoms with van der Waals surface area (Å²) in [7, 11) is 0. The molecule has 1 aliphatic heterocycles. The van der Waals surface area contributed by atoms with Crippen LogP contribution in [0.3, 0.4) is 0 Å². The highest BCUT2D eigenvalue weighted by Crippen LogP contribution is 2.31. The van der Waals surface area contributed by atoms with E-state index in [4.69, 9.17) is 9.97 Å². The zero-order valence-corrected chi connectivity index (χ0v) is 14.1. The maximum Gasteiger partial charge on any atom is 0.138 e. The maximum absolute atomic E-state index is 4.90. The lowest BCUT2D eigenvalue weighted by atomic mass is 9.98. The van der Waals surface area contributed by atoms with E-state index in [2.05, 4.69) is 30.9 Å². The minimum absolute atomic E-state index is 0.486. The van der Waals surface area contributed by atoms with Crippen LogP contribution in [0.4, 0.5) is 0 Å². The molecule has 21 heavy (non-hydrogen) atoms. The van der Waals surface area contributed by atoms with Gasteiger partial charge in [-0.2, -0.15) is 11.8 Å². The van der Waals surface area contributed by atoms with E-state index >= 15 is 0 Å². The van der Waals surface area contributed by atoms with Gasteiger partial charge in [-0.1, -0.05) is 33.1 Å². The minimum Gasteiger partial charge on any atom is -0.312 e. The van der Waals surface area contributed by atoms with Crippen LogP contribution in [-0.4, -0.2) is 21.8 Å². The quantitative estimate of drug-likeness (QED) is 0.918. The van der Waals surface area contributed by atoms with Gasteiger partial charge in [-0.15, -0.1) is 0 Å². The van der Waals surface area contributed by atoms with E-state index in [-0.39, 0.29) is 0 Å². The molecule has 1 aromatic heterocycles. The van der Waals surface area contributed by atoms with Crippen molar-refractivity contribution >= 4 is 11.8 Å². The van der Waals surface area contributed by atoms with Crippen LogP contribution in [-0.2, 0) is 18.7 Å². The van der Waals surface area contributed by atoms with E-state index in [1.807, 2.05) is 0 Å². The fraction of sp³-hybridized carbons (Fsp3) is 0.765. The number of hydrogen-bond donors (Lipinski definition) is 1. The van der Waals surface area contributed by atoms with Crippen molar-refractivity contribution in [2.75, 3.05) is 6.54 Å². The maximum atomic E-state index is 4.90. The smallest absolute Gasteiger partial charge is 0.138 e. The van der Waals surface area contributed by atoms with Crippen molar-refractivity contribution < 1.29 is 0 Å². The van der Waals surface area contributed by atoms with Crippen LogP contribution in [0.5, 0.6) is 0 Å². The predicted molar refractivity (Wildman–Crippen MR) is 89.7 cm³/mol. The van der Waals surface area contributed by atoms with Crippen LogP contribution in [0.2, 0.25) is 0 Å². The molecule has 1 N–H and O–H groups in total. The van der Waals surface area contributed by atoms with Gasteiger partial charge >= 0.3 is 0 Å². The van der Waals surface area contributed by atoms with Crippen molar-refractivity contribution in [3.63, 3.8) is 0 Å². The molecule has 0 bridgehead atoms. The average Bonchev–Trinajstić information content (AvgIpc) is 2.53. The van der Waals surface area contributed by atoms with Crippen LogP contribution in [0.1, 0.15) is 74.6 Å². The molecule has 1 aromatic rings. The summed E-state index contributed by atoms with van der Waals surface area (Å²) < 4.78 is 0. The third kappa shape index (κ3) is 3.78. The largest absolute Gasteiger partial charge is 0.312 e. The molecule has 0 unspecified atom stereocenters. The molecule has 0 aromatic carbocycles. The zero-order valence-electron chi connectivity index (χ0n) is 13.3. The van der Waals surface area contributed by atoms with Crippen LogP contribution in [0.15, 0.2) is 0 Å². The Hall–Kier alpha value is -0.610. The summed E-state index contributed by atoms with van der Waals surface area (Å²) in [6, 6.07) is 0. The van der Waals surface area contributed by atoms with E-state index < -0.39 is 0 Å². The first-order chi connectivity index (χ1) is 10.2. The van der Waals surface area contributed by atoms with Gasteiger partial charge < -0.3 is 5.32 Å². The Balaban J connectivity index is 1.73. The Morgan fingerprint density at radius 1 is 1.19 bits per heavy atom. The van der Waals surface area contributed by atoms with E-state index in [9.17, 15) is 0 Å². The Labute approximate surface area is 132 Å². The van der Waals surface area contributed by atoms with Crippen LogP contribution < -0.4 is 5.32 Å². The summed E-state index contributed by atoms with van der Waals surface area (Å²) in [6.07, 6.45) is 8.07. The summed E-state index contributed by atoms with van der Waals surface area (Å²) in [5.74, 6) is 2.54. The van der Waals surface area contributed by atoms with Crippen molar-refractivity contribution in [1.29, 1.82) is 0 Å². The summed E-state index contributed by atoms with van der Waals surface area (Å²) in [6.45, 7) is 6.49. The number of fused-ring (bicyclic) bond motifs is 1. The van der Waals surface area contributed by atoms with Crippen molar-refractivity contribution in [2.24, 2.45) is 0 Å². The number of nitrogens with zero attached hydrogens (tertiary/aromatic N) is 2. The monoisotopic (exact) mass is 305 g/mol.